The van der Waals surface area contributed by atoms with Crippen LogP contribution in [-0.2, 0) is 9.53 Å². The van der Waals surface area contributed by atoms with Crippen LogP contribution >= 0.6 is 11.8 Å². The normalized spacial score (nSPS) is 14.4. The van der Waals surface area contributed by atoms with Gasteiger partial charge in [0.1, 0.15) is 5.54 Å². The lowest BCUT2D eigenvalue weighted by Gasteiger charge is -2.28. The van der Waals surface area contributed by atoms with Crippen LogP contribution in [0.2, 0.25) is 0 Å². The summed E-state index contributed by atoms with van der Waals surface area (Å²) in [6.07, 6.45) is 1.70. The standard InChI is InChI=1S/C12H25NO3S/c1-4-7-13-12(3,11(15)16-5-2)6-9-17-10-8-14/h13-14H,4-10H2,1-3H3. The van der Waals surface area contributed by atoms with Crippen molar-refractivity contribution in [3.8, 4) is 0 Å². The zero-order valence-corrected chi connectivity index (χ0v) is 11.9. The molecule has 0 aliphatic carbocycles. The van der Waals surface area contributed by atoms with Crippen molar-refractivity contribution in [3.05, 3.63) is 0 Å². The van der Waals surface area contributed by atoms with Gasteiger partial charge in [0.15, 0.2) is 0 Å². The maximum atomic E-state index is 11.9. The summed E-state index contributed by atoms with van der Waals surface area (Å²) in [6, 6.07) is 0. The first kappa shape index (κ1) is 16.7. The fraction of sp³-hybridized carbons (Fsp3) is 0.917. The number of aliphatic hydroxyl groups excluding tert-OH is 1. The molecule has 0 aromatic rings. The molecule has 0 spiro atoms. The van der Waals surface area contributed by atoms with Crippen LogP contribution in [0.15, 0.2) is 0 Å². The molecule has 0 rings (SSSR count). The lowest BCUT2D eigenvalue weighted by Crippen LogP contribution is -2.51. The summed E-state index contributed by atoms with van der Waals surface area (Å²) < 4.78 is 5.10. The van der Waals surface area contributed by atoms with E-state index in [9.17, 15) is 4.79 Å². The Morgan fingerprint density at radius 2 is 2.12 bits per heavy atom. The van der Waals surface area contributed by atoms with Gasteiger partial charge in [0.05, 0.1) is 13.2 Å². The van der Waals surface area contributed by atoms with Crippen molar-refractivity contribution in [2.45, 2.75) is 39.2 Å². The minimum Gasteiger partial charge on any atom is -0.465 e. The molecule has 102 valence electrons. The minimum absolute atomic E-state index is 0.182. The number of rotatable bonds is 10. The van der Waals surface area contributed by atoms with Crippen LogP contribution in [0, 0.1) is 0 Å². The fourth-order valence-electron chi connectivity index (χ4n) is 1.40. The number of carbonyl (C=O) groups excluding carboxylic acids is 1. The summed E-state index contributed by atoms with van der Waals surface area (Å²) in [7, 11) is 0. The van der Waals surface area contributed by atoms with E-state index in [4.69, 9.17) is 9.84 Å². The minimum atomic E-state index is -0.603. The lowest BCUT2D eigenvalue weighted by atomic mass is 9.99. The van der Waals surface area contributed by atoms with E-state index in [1.54, 1.807) is 11.8 Å². The zero-order valence-electron chi connectivity index (χ0n) is 11.1. The first-order valence-corrected chi connectivity index (χ1v) is 7.37. The average molecular weight is 263 g/mol. The third kappa shape index (κ3) is 6.91. The molecule has 0 aliphatic rings. The maximum Gasteiger partial charge on any atom is 0.326 e. The van der Waals surface area contributed by atoms with Crippen molar-refractivity contribution < 1.29 is 14.6 Å². The van der Waals surface area contributed by atoms with Crippen molar-refractivity contribution in [2.75, 3.05) is 31.3 Å². The summed E-state index contributed by atoms with van der Waals surface area (Å²) in [4.78, 5) is 11.9. The number of hydrogen-bond acceptors (Lipinski definition) is 5. The monoisotopic (exact) mass is 263 g/mol. The molecule has 0 radical (unpaired) electrons. The summed E-state index contributed by atoms with van der Waals surface area (Å²) in [5.41, 5.74) is -0.603. The quantitative estimate of drug-likeness (QED) is 0.461. The van der Waals surface area contributed by atoms with Crippen molar-refractivity contribution >= 4 is 17.7 Å². The van der Waals surface area contributed by atoms with Crippen molar-refractivity contribution in [1.82, 2.24) is 5.32 Å². The first-order chi connectivity index (χ1) is 8.10. The summed E-state index contributed by atoms with van der Waals surface area (Å²) in [6.45, 7) is 7.17. The van der Waals surface area contributed by atoms with Gasteiger partial charge in [-0.15, -0.1) is 0 Å². The molecule has 4 nitrogen and oxygen atoms in total. The molecular formula is C12H25NO3S. The average Bonchev–Trinajstić information content (AvgIpc) is 2.32. The van der Waals surface area contributed by atoms with E-state index < -0.39 is 5.54 Å². The van der Waals surface area contributed by atoms with Gasteiger partial charge in [-0.3, -0.25) is 4.79 Å². The number of carbonyl (C=O) groups is 1. The van der Waals surface area contributed by atoms with E-state index in [0.717, 1.165) is 25.1 Å². The van der Waals surface area contributed by atoms with Crippen molar-refractivity contribution in [2.24, 2.45) is 0 Å². The Balaban J connectivity index is 4.22. The summed E-state index contributed by atoms with van der Waals surface area (Å²) in [5.74, 6) is 1.37. The molecule has 0 bridgehead atoms. The SMILES string of the molecule is CCCNC(C)(CCSCCO)C(=O)OCC. The number of thioether (sulfide) groups is 1. The highest BCUT2D eigenvalue weighted by Gasteiger charge is 2.33. The van der Waals surface area contributed by atoms with Gasteiger partial charge in [-0.05, 0) is 39.0 Å². The van der Waals surface area contributed by atoms with E-state index in [0.29, 0.717) is 12.4 Å². The molecule has 17 heavy (non-hydrogen) atoms. The van der Waals surface area contributed by atoms with Gasteiger partial charge in [0, 0.05) is 5.75 Å². The largest absolute Gasteiger partial charge is 0.465 e. The smallest absolute Gasteiger partial charge is 0.326 e. The molecule has 0 aromatic heterocycles. The number of ether oxygens (including phenoxy) is 1. The molecule has 0 saturated carbocycles. The summed E-state index contributed by atoms with van der Waals surface area (Å²) in [5, 5.41) is 12.0. The molecule has 0 amide bonds. The van der Waals surface area contributed by atoms with Crippen LogP contribution in [-0.4, -0.2) is 47.9 Å². The van der Waals surface area contributed by atoms with E-state index in [1.807, 2.05) is 13.8 Å². The number of nitrogens with one attached hydrogen (secondary N) is 1. The number of aliphatic hydroxyl groups is 1. The third-order valence-electron chi connectivity index (χ3n) is 2.47. The lowest BCUT2D eigenvalue weighted by molar-refractivity contribution is -0.150. The highest BCUT2D eigenvalue weighted by Crippen LogP contribution is 2.16. The van der Waals surface area contributed by atoms with Crippen molar-refractivity contribution in [3.63, 3.8) is 0 Å². The Morgan fingerprint density at radius 3 is 2.65 bits per heavy atom. The van der Waals surface area contributed by atoms with Gasteiger partial charge in [-0.2, -0.15) is 11.8 Å². The number of esters is 1. The third-order valence-corrected chi connectivity index (χ3v) is 3.44. The maximum absolute atomic E-state index is 11.9. The van der Waals surface area contributed by atoms with Crippen LogP contribution in [0.4, 0.5) is 0 Å². The topological polar surface area (TPSA) is 58.6 Å². The highest BCUT2D eigenvalue weighted by atomic mass is 32.2. The molecule has 1 unspecified atom stereocenters. The Bertz CT molecular complexity index is 214. The second kappa shape index (κ2) is 9.74. The predicted molar refractivity (Wildman–Crippen MR) is 72.4 cm³/mol. The molecule has 0 aliphatic heterocycles. The van der Waals surface area contributed by atoms with Gasteiger partial charge in [-0.1, -0.05) is 6.92 Å². The van der Waals surface area contributed by atoms with Gasteiger partial charge in [0.2, 0.25) is 0 Å². The molecule has 1 atom stereocenters. The Morgan fingerprint density at radius 1 is 1.41 bits per heavy atom. The fourth-order valence-corrected chi connectivity index (χ4v) is 2.28. The van der Waals surface area contributed by atoms with Crippen molar-refractivity contribution in [1.29, 1.82) is 0 Å². The van der Waals surface area contributed by atoms with E-state index in [-0.39, 0.29) is 12.6 Å². The highest BCUT2D eigenvalue weighted by molar-refractivity contribution is 7.99. The molecule has 2 N–H and O–H groups in total. The van der Waals surface area contributed by atoms with Crippen LogP contribution in [0.1, 0.15) is 33.6 Å². The number of hydrogen-bond donors (Lipinski definition) is 2. The van der Waals surface area contributed by atoms with Gasteiger partial charge in [-0.25, -0.2) is 0 Å². The van der Waals surface area contributed by atoms with E-state index >= 15 is 0 Å². The zero-order chi connectivity index (χ0) is 13.1. The molecule has 0 aromatic carbocycles. The Hall–Kier alpha value is -0.260. The molecule has 0 fully saturated rings. The second-order valence-electron chi connectivity index (χ2n) is 4.07. The molecule has 0 saturated heterocycles. The first-order valence-electron chi connectivity index (χ1n) is 6.21. The Labute approximate surface area is 108 Å². The van der Waals surface area contributed by atoms with Crippen LogP contribution in [0.25, 0.3) is 0 Å². The van der Waals surface area contributed by atoms with Crippen LogP contribution < -0.4 is 5.32 Å². The van der Waals surface area contributed by atoms with Crippen LogP contribution in [0.3, 0.4) is 0 Å². The molecular weight excluding hydrogens is 238 g/mol. The van der Waals surface area contributed by atoms with Gasteiger partial charge >= 0.3 is 5.97 Å². The Kier molecular flexibility index (Phi) is 9.59. The van der Waals surface area contributed by atoms with E-state index in [1.165, 1.54) is 0 Å². The van der Waals surface area contributed by atoms with E-state index in [2.05, 4.69) is 12.2 Å². The van der Waals surface area contributed by atoms with Gasteiger partial charge in [0.25, 0.3) is 0 Å². The molecule has 5 heteroatoms. The second-order valence-corrected chi connectivity index (χ2v) is 5.29. The predicted octanol–water partition coefficient (Wildman–Crippen LogP) is 1.42. The molecule has 0 heterocycles. The van der Waals surface area contributed by atoms with Gasteiger partial charge < -0.3 is 15.2 Å². The summed E-state index contributed by atoms with van der Waals surface area (Å²) >= 11 is 1.65. The van der Waals surface area contributed by atoms with Crippen LogP contribution in [0.5, 0.6) is 0 Å².